The van der Waals surface area contributed by atoms with E-state index in [0.717, 1.165) is 4.90 Å². The van der Waals surface area contributed by atoms with Gasteiger partial charge in [0.2, 0.25) is 5.91 Å². The number of para-hydroxylation sites is 2. The van der Waals surface area contributed by atoms with E-state index in [1.807, 2.05) is 13.8 Å². The zero-order valence-corrected chi connectivity index (χ0v) is 18.2. The van der Waals surface area contributed by atoms with E-state index in [1.54, 1.807) is 48.5 Å². The molecule has 0 aliphatic carbocycles. The van der Waals surface area contributed by atoms with Gasteiger partial charge >= 0.3 is 6.03 Å². The molecular weight excluding hydrogens is 412 g/mol. The van der Waals surface area contributed by atoms with Gasteiger partial charge in [0.1, 0.15) is 18.3 Å². The Morgan fingerprint density at radius 2 is 1.75 bits per heavy atom. The van der Waals surface area contributed by atoms with E-state index in [-0.39, 0.29) is 18.4 Å². The molecule has 5 amide bonds. The molecule has 0 saturated carbocycles. The van der Waals surface area contributed by atoms with Gasteiger partial charge in [-0.1, -0.05) is 26.0 Å². The van der Waals surface area contributed by atoms with Crippen LogP contribution in [0.3, 0.4) is 0 Å². The van der Waals surface area contributed by atoms with E-state index in [0.29, 0.717) is 29.1 Å². The quantitative estimate of drug-likeness (QED) is 0.548. The molecule has 0 bridgehead atoms. The molecule has 3 rings (SSSR count). The molecule has 9 heteroatoms. The van der Waals surface area contributed by atoms with E-state index in [4.69, 9.17) is 4.74 Å². The summed E-state index contributed by atoms with van der Waals surface area (Å²) in [6.07, 6.45) is 0.515. The van der Waals surface area contributed by atoms with Gasteiger partial charge < -0.3 is 20.7 Å². The zero-order valence-electron chi connectivity index (χ0n) is 18.2. The minimum Gasteiger partial charge on any atom is -0.495 e. The summed E-state index contributed by atoms with van der Waals surface area (Å²) in [6, 6.07) is 12.2. The fourth-order valence-corrected chi connectivity index (χ4v) is 3.35. The number of nitrogens with one attached hydrogen (secondary N) is 3. The third-order valence-electron chi connectivity index (χ3n) is 4.90. The van der Waals surface area contributed by atoms with E-state index in [9.17, 15) is 19.2 Å². The molecule has 1 unspecified atom stereocenters. The maximum Gasteiger partial charge on any atom is 0.325 e. The highest BCUT2D eigenvalue weighted by Crippen LogP contribution is 2.24. The highest BCUT2D eigenvalue weighted by Gasteiger charge is 2.38. The predicted molar refractivity (Wildman–Crippen MR) is 120 cm³/mol. The summed E-state index contributed by atoms with van der Waals surface area (Å²) in [7, 11) is 1.52. The van der Waals surface area contributed by atoms with Crippen molar-refractivity contribution in [1.29, 1.82) is 0 Å². The molecule has 1 saturated heterocycles. The first kappa shape index (κ1) is 22.8. The monoisotopic (exact) mass is 438 g/mol. The van der Waals surface area contributed by atoms with Crippen molar-refractivity contribution in [3.8, 4) is 5.75 Å². The Morgan fingerprint density at radius 1 is 1.06 bits per heavy atom. The van der Waals surface area contributed by atoms with E-state index >= 15 is 0 Å². The molecule has 0 spiro atoms. The lowest BCUT2D eigenvalue weighted by Gasteiger charge is -2.14. The third-order valence-corrected chi connectivity index (χ3v) is 4.90. The number of rotatable bonds is 8. The Kier molecular flexibility index (Phi) is 7.09. The number of amides is 5. The second kappa shape index (κ2) is 9.95. The average Bonchev–Trinajstić information content (AvgIpc) is 3.01. The van der Waals surface area contributed by atoms with Crippen LogP contribution in [0.4, 0.5) is 16.2 Å². The Hall–Kier alpha value is -3.88. The number of hydrogen-bond acceptors (Lipinski definition) is 5. The van der Waals surface area contributed by atoms with E-state index in [1.165, 1.54) is 7.11 Å². The van der Waals surface area contributed by atoms with Gasteiger partial charge in [-0.2, -0.15) is 0 Å². The van der Waals surface area contributed by atoms with E-state index < -0.39 is 23.9 Å². The van der Waals surface area contributed by atoms with Gasteiger partial charge in [-0.25, -0.2) is 4.79 Å². The molecule has 168 valence electrons. The Labute approximate surface area is 186 Å². The smallest absolute Gasteiger partial charge is 0.325 e. The van der Waals surface area contributed by atoms with Crippen molar-refractivity contribution in [2.75, 3.05) is 24.3 Å². The van der Waals surface area contributed by atoms with Crippen molar-refractivity contribution < 1.29 is 23.9 Å². The number of ether oxygens (including phenoxy) is 1. The first-order valence-electron chi connectivity index (χ1n) is 10.2. The minimum atomic E-state index is -0.601. The topological polar surface area (TPSA) is 117 Å². The number of carbonyl (C=O) groups is 4. The maximum absolute atomic E-state index is 12.5. The maximum atomic E-state index is 12.5. The molecule has 1 fully saturated rings. The minimum absolute atomic E-state index is 0.233. The number of benzene rings is 2. The van der Waals surface area contributed by atoms with Crippen LogP contribution in [-0.4, -0.2) is 48.3 Å². The predicted octanol–water partition coefficient (Wildman–Crippen LogP) is 2.85. The molecule has 1 heterocycles. The summed E-state index contributed by atoms with van der Waals surface area (Å²) in [4.78, 5) is 50.1. The largest absolute Gasteiger partial charge is 0.495 e. The van der Waals surface area contributed by atoms with Crippen molar-refractivity contribution in [3.05, 3.63) is 54.1 Å². The lowest BCUT2D eigenvalue weighted by molar-refractivity contribution is -0.131. The number of hydrogen-bond donors (Lipinski definition) is 3. The van der Waals surface area contributed by atoms with Gasteiger partial charge in [0.15, 0.2) is 0 Å². The molecule has 1 atom stereocenters. The fraction of sp³-hybridized carbons (Fsp3) is 0.304. The first-order chi connectivity index (χ1) is 15.3. The van der Waals surface area contributed by atoms with Crippen LogP contribution >= 0.6 is 0 Å². The van der Waals surface area contributed by atoms with Gasteiger partial charge in [-0.15, -0.1) is 0 Å². The molecule has 1 aliphatic heterocycles. The molecule has 2 aromatic carbocycles. The number of imide groups is 1. The second-order valence-electron chi connectivity index (χ2n) is 7.84. The van der Waals surface area contributed by atoms with Crippen molar-refractivity contribution in [2.45, 2.75) is 26.3 Å². The SMILES string of the molecule is COc1ccccc1NC(=O)c1ccc(NC(=O)CN2C(=O)NC(CC(C)C)C2=O)cc1. The number of methoxy groups -OCH3 is 1. The molecule has 1 aliphatic rings. The number of nitrogens with zero attached hydrogens (tertiary/aromatic N) is 1. The number of urea groups is 1. The molecular formula is C23H26N4O5. The molecule has 9 nitrogen and oxygen atoms in total. The summed E-state index contributed by atoms with van der Waals surface area (Å²) < 4.78 is 5.22. The van der Waals surface area contributed by atoms with Crippen LogP contribution in [-0.2, 0) is 9.59 Å². The summed E-state index contributed by atoms with van der Waals surface area (Å²) in [5, 5.41) is 8.01. The van der Waals surface area contributed by atoms with Crippen LogP contribution in [0.5, 0.6) is 5.75 Å². The van der Waals surface area contributed by atoms with Gasteiger partial charge in [0.25, 0.3) is 11.8 Å². The second-order valence-corrected chi connectivity index (χ2v) is 7.84. The van der Waals surface area contributed by atoms with Gasteiger partial charge in [-0.05, 0) is 48.7 Å². The highest BCUT2D eigenvalue weighted by molar-refractivity contribution is 6.08. The standard InChI is InChI=1S/C23H26N4O5/c1-14(2)12-18-22(30)27(23(31)26-18)13-20(28)24-16-10-8-15(9-11-16)21(29)25-17-6-4-5-7-19(17)32-3/h4-11,14,18H,12-13H2,1-3H3,(H,24,28)(H,25,29)(H,26,31). The summed E-state index contributed by atoms with van der Waals surface area (Å²) in [5.41, 5.74) is 1.37. The Morgan fingerprint density at radius 3 is 2.41 bits per heavy atom. The molecule has 0 radical (unpaired) electrons. The van der Waals surface area contributed by atoms with Crippen molar-refractivity contribution in [3.63, 3.8) is 0 Å². The summed E-state index contributed by atoms with van der Waals surface area (Å²) in [6.45, 7) is 3.53. The lowest BCUT2D eigenvalue weighted by Crippen LogP contribution is -2.38. The first-order valence-corrected chi connectivity index (χ1v) is 10.2. The van der Waals surface area contributed by atoms with Gasteiger partial charge in [0.05, 0.1) is 12.8 Å². The fourth-order valence-electron chi connectivity index (χ4n) is 3.35. The van der Waals surface area contributed by atoms with Crippen LogP contribution < -0.4 is 20.7 Å². The van der Waals surface area contributed by atoms with Crippen LogP contribution in [0.15, 0.2) is 48.5 Å². The van der Waals surface area contributed by atoms with Crippen molar-refractivity contribution in [2.24, 2.45) is 5.92 Å². The Balaban J connectivity index is 1.57. The molecule has 0 aromatic heterocycles. The number of carbonyl (C=O) groups excluding carboxylic acids is 4. The molecule has 2 aromatic rings. The normalized spacial score (nSPS) is 15.5. The highest BCUT2D eigenvalue weighted by atomic mass is 16.5. The third kappa shape index (κ3) is 5.42. The molecule has 3 N–H and O–H groups in total. The summed E-state index contributed by atoms with van der Waals surface area (Å²) in [5.74, 6) is -0.465. The van der Waals surface area contributed by atoms with Crippen LogP contribution in [0.2, 0.25) is 0 Å². The zero-order chi connectivity index (χ0) is 23.3. The lowest BCUT2D eigenvalue weighted by atomic mass is 10.0. The van der Waals surface area contributed by atoms with Gasteiger partial charge in [-0.3, -0.25) is 19.3 Å². The Bertz CT molecular complexity index is 1020. The van der Waals surface area contributed by atoms with Crippen LogP contribution in [0.1, 0.15) is 30.6 Å². The summed E-state index contributed by atoms with van der Waals surface area (Å²) >= 11 is 0. The molecule has 32 heavy (non-hydrogen) atoms. The average molecular weight is 438 g/mol. The van der Waals surface area contributed by atoms with Crippen LogP contribution in [0.25, 0.3) is 0 Å². The van der Waals surface area contributed by atoms with Crippen molar-refractivity contribution >= 4 is 35.1 Å². The van der Waals surface area contributed by atoms with Crippen molar-refractivity contribution in [1.82, 2.24) is 10.2 Å². The van der Waals surface area contributed by atoms with Gasteiger partial charge in [0, 0.05) is 11.3 Å². The van der Waals surface area contributed by atoms with E-state index in [2.05, 4.69) is 16.0 Å². The number of anilines is 2. The van der Waals surface area contributed by atoms with Crippen LogP contribution in [0, 0.1) is 5.92 Å².